The SMILES string of the molecule is O=[N+]([O-])C(=Cc1ccccc1)c1c2ccccc2c(C(=Cc2ccccc2)[N+](=O)[O-])c2ccccc12. The van der Waals surface area contributed by atoms with Gasteiger partial charge in [-0.25, -0.2) is 0 Å². The summed E-state index contributed by atoms with van der Waals surface area (Å²) in [6, 6.07) is 32.5. The van der Waals surface area contributed by atoms with Gasteiger partial charge in [-0.1, -0.05) is 109 Å². The monoisotopic (exact) mass is 472 g/mol. The van der Waals surface area contributed by atoms with E-state index >= 15 is 0 Å². The molecule has 0 spiro atoms. The third kappa shape index (κ3) is 4.23. The van der Waals surface area contributed by atoms with Gasteiger partial charge >= 0.3 is 0 Å². The number of nitrogens with zero attached hydrogens (tertiary/aromatic N) is 2. The molecule has 0 N–H and O–H groups in total. The normalized spacial score (nSPS) is 12.1. The van der Waals surface area contributed by atoms with Gasteiger partial charge in [-0.3, -0.25) is 20.2 Å². The van der Waals surface area contributed by atoms with Crippen molar-refractivity contribution in [2.24, 2.45) is 0 Å². The lowest BCUT2D eigenvalue weighted by atomic mass is 9.88. The number of fused-ring (bicyclic) bond motifs is 2. The first-order chi connectivity index (χ1) is 17.5. The molecule has 0 aliphatic rings. The highest BCUT2D eigenvalue weighted by Gasteiger charge is 2.27. The van der Waals surface area contributed by atoms with E-state index in [4.69, 9.17) is 0 Å². The maximum absolute atomic E-state index is 12.4. The van der Waals surface area contributed by atoms with Crippen molar-refractivity contribution in [3.63, 3.8) is 0 Å². The Morgan fingerprint density at radius 1 is 0.472 bits per heavy atom. The Kier molecular flexibility index (Phi) is 6.07. The maximum Gasteiger partial charge on any atom is 0.278 e. The molecule has 5 rings (SSSR count). The Labute approximate surface area is 206 Å². The van der Waals surface area contributed by atoms with Crippen molar-refractivity contribution < 1.29 is 9.85 Å². The molecule has 0 aromatic heterocycles. The highest BCUT2D eigenvalue weighted by molar-refractivity contribution is 6.16. The smallest absolute Gasteiger partial charge is 0.258 e. The second-order valence-electron chi connectivity index (χ2n) is 8.24. The first-order valence-electron chi connectivity index (χ1n) is 11.3. The minimum Gasteiger partial charge on any atom is -0.258 e. The van der Waals surface area contributed by atoms with Crippen molar-refractivity contribution >= 4 is 45.1 Å². The number of nitro groups is 2. The van der Waals surface area contributed by atoms with E-state index in [0.717, 1.165) is 0 Å². The lowest BCUT2D eigenvalue weighted by Gasteiger charge is -2.14. The fraction of sp³-hybridized carbons (Fsp3) is 0. The fourth-order valence-electron chi connectivity index (χ4n) is 4.53. The predicted molar refractivity (Wildman–Crippen MR) is 144 cm³/mol. The molecule has 174 valence electrons. The van der Waals surface area contributed by atoms with Crippen LogP contribution in [0.3, 0.4) is 0 Å². The summed E-state index contributed by atoms with van der Waals surface area (Å²) in [7, 11) is 0. The molecule has 0 atom stereocenters. The lowest BCUT2D eigenvalue weighted by Crippen LogP contribution is -2.05. The largest absolute Gasteiger partial charge is 0.278 e. The third-order valence-electron chi connectivity index (χ3n) is 6.04. The van der Waals surface area contributed by atoms with Crippen LogP contribution in [0, 0.1) is 20.2 Å². The van der Waals surface area contributed by atoms with Gasteiger partial charge in [-0.05, 0) is 32.7 Å². The Bertz CT molecular complexity index is 1490. The molecule has 0 radical (unpaired) electrons. The highest BCUT2D eigenvalue weighted by atomic mass is 16.6. The molecule has 5 aromatic rings. The van der Waals surface area contributed by atoms with Gasteiger partial charge in [0.05, 0.1) is 21.0 Å². The van der Waals surface area contributed by atoms with Crippen LogP contribution in [0.4, 0.5) is 0 Å². The second kappa shape index (κ2) is 9.64. The van der Waals surface area contributed by atoms with E-state index in [1.165, 1.54) is 0 Å². The van der Waals surface area contributed by atoms with Crippen molar-refractivity contribution in [1.29, 1.82) is 0 Å². The summed E-state index contributed by atoms with van der Waals surface area (Å²) < 4.78 is 0. The van der Waals surface area contributed by atoms with Crippen LogP contribution in [0.2, 0.25) is 0 Å². The molecule has 5 aromatic carbocycles. The molecule has 0 bridgehead atoms. The lowest BCUT2D eigenvalue weighted by molar-refractivity contribution is -0.374. The first kappa shape index (κ1) is 22.7. The van der Waals surface area contributed by atoms with E-state index in [1.54, 1.807) is 84.9 Å². The molecule has 0 saturated carbocycles. The minimum absolute atomic E-state index is 0.0742. The van der Waals surface area contributed by atoms with Gasteiger partial charge in [-0.2, -0.15) is 0 Å². The Hall–Kier alpha value is -5.10. The average Bonchev–Trinajstić information content (AvgIpc) is 2.90. The van der Waals surface area contributed by atoms with Gasteiger partial charge in [-0.15, -0.1) is 0 Å². The van der Waals surface area contributed by atoms with Crippen LogP contribution >= 0.6 is 0 Å². The van der Waals surface area contributed by atoms with Crippen molar-refractivity contribution in [3.05, 3.63) is 152 Å². The van der Waals surface area contributed by atoms with Gasteiger partial charge in [0.25, 0.3) is 11.4 Å². The van der Waals surface area contributed by atoms with Gasteiger partial charge < -0.3 is 0 Å². The minimum atomic E-state index is -0.394. The molecule has 6 heteroatoms. The summed E-state index contributed by atoms with van der Waals surface area (Å²) in [5.41, 5.74) is 2.10. The third-order valence-corrected chi connectivity index (χ3v) is 6.04. The standard InChI is InChI=1S/C30H20N2O4/c33-31(34)27(19-21-11-3-1-4-12-21)29-23-15-7-9-17-25(23)30(26-18-10-8-16-24(26)29)28(32(35)36)20-22-13-5-2-6-14-22/h1-20H. The first-order valence-corrected chi connectivity index (χ1v) is 11.3. The van der Waals surface area contributed by atoms with Crippen molar-refractivity contribution in [1.82, 2.24) is 0 Å². The molecule has 0 amide bonds. The zero-order valence-electron chi connectivity index (χ0n) is 19.1. The molecule has 0 aliphatic carbocycles. The van der Waals surface area contributed by atoms with E-state index in [0.29, 0.717) is 43.8 Å². The molecule has 0 saturated heterocycles. The Morgan fingerprint density at radius 2 is 0.750 bits per heavy atom. The van der Waals surface area contributed by atoms with Crippen molar-refractivity contribution in [2.45, 2.75) is 0 Å². The number of hydrogen-bond acceptors (Lipinski definition) is 4. The van der Waals surface area contributed by atoms with Gasteiger partial charge in [0.1, 0.15) is 0 Å². The van der Waals surface area contributed by atoms with Crippen LogP contribution in [0.1, 0.15) is 22.3 Å². The van der Waals surface area contributed by atoms with Gasteiger partial charge in [0.2, 0.25) is 0 Å². The highest BCUT2D eigenvalue weighted by Crippen LogP contribution is 2.41. The second-order valence-corrected chi connectivity index (χ2v) is 8.24. The van der Waals surface area contributed by atoms with E-state index < -0.39 is 9.85 Å². The number of benzene rings is 5. The molecule has 0 fully saturated rings. The van der Waals surface area contributed by atoms with Crippen molar-refractivity contribution in [3.8, 4) is 0 Å². The summed E-state index contributed by atoms with van der Waals surface area (Å²) in [6.07, 6.45) is 3.09. The molecule has 0 aliphatic heterocycles. The predicted octanol–water partition coefficient (Wildman–Crippen LogP) is 7.54. The summed E-state index contributed by atoms with van der Waals surface area (Å²) in [6.45, 7) is 0. The summed E-state index contributed by atoms with van der Waals surface area (Å²) >= 11 is 0. The van der Waals surface area contributed by atoms with Crippen LogP contribution in [0.25, 0.3) is 45.1 Å². The topological polar surface area (TPSA) is 86.3 Å². The average molecular weight is 473 g/mol. The van der Waals surface area contributed by atoms with Crippen LogP contribution in [-0.4, -0.2) is 9.85 Å². The fourth-order valence-corrected chi connectivity index (χ4v) is 4.53. The molecule has 0 unspecified atom stereocenters. The molecule has 6 nitrogen and oxygen atoms in total. The Balaban J connectivity index is 1.91. The van der Waals surface area contributed by atoms with Gasteiger partial charge in [0, 0.05) is 12.2 Å². The van der Waals surface area contributed by atoms with Crippen LogP contribution in [-0.2, 0) is 0 Å². The Morgan fingerprint density at radius 3 is 1.03 bits per heavy atom. The van der Waals surface area contributed by atoms with E-state index in [-0.39, 0.29) is 11.4 Å². The van der Waals surface area contributed by atoms with E-state index in [9.17, 15) is 20.2 Å². The summed E-state index contributed by atoms with van der Waals surface area (Å²) in [5.74, 6) is 0. The van der Waals surface area contributed by atoms with Crippen LogP contribution in [0.15, 0.2) is 109 Å². The van der Waals surface area contributed by atoms with E-state index in [1.807, 2.05) is 36.4 Å². The van der Waals surface area contributed by atoms with Crippen LogP contribution < -0.4 is 0 Å². The zero-order chi connectivity index (χ0) is 25.1. The quantitative estimate of drug-likeness (QED) is 0.111. The van der Waals surface area contributed by atoms with E-state index in [2.05, 4.69) is 0 Å². The molecule has 0 heterocycles. The number of hydrogen-bond donors (Lipinski definition) is 0. The molecular weight excluding hydrogens is 452 g/mol. The zero-order valence-corrected chi connectivity index (χ0v) is 19.1. The molecular formula is C30H20N2O4. The maximum atomic E-state index is 12.4. The van der Waals surface area contributed by atoms with Crippen LogP contribution in [0.5, 0.6) is 0 Å². The summed E-state index contributed by atoms with van der Waals surface area (Å²) in [5, 5.41) is 27.1. The van der Waals surface area contributed by atoms with Gasteiger partial charge in [0.15, 0.2) is 0 Å². The number of rotatable bonds is 6. The molecule has 36 heavy (non-hydrogen) atoms. The summed E-state index contributed by atoms with van der Waals surface area (Å²) in [4.78, 5) is 24.0. The van der Waals surface area contributed by atoms with Crippen molar-refractivity contribution in [2.75, 3.05) is 0 Å².